The van der Waals surface area contributed by atoms with Crippen LogP contribution in [0, 0.1) is 0 Å². The summed E-state index contributed by atoms with van der Waals surface area (Å²) >= 11 is 0. The van der Waals surface area contributed by atoms with Crippen molar-refractivity contribution in [3.63, 3.8) is 0 Å². The fourth-order valence-electron chi connectivity index (χ4n) is 0.755. The molecule has 0 spiro atoms. The Balaban J connectivity index is 2.54. The Kier molecular flexibility index (Phi) is 1.96. The maximum absolute atomic E-state index is 12.2. The molecule has 10 heavy (non-hydrogen) atoms. The van der Waals surface area contributed by atoms with Crippen molar-refractivity contribution in [3.05, 3.63) is 0 Å². The lowest BCUT2D eigenvalue weighted by Crippen LogP contribution is -2.51. The van der Waals surface area contributed by atoms with Crippen molar-refractivity contribution in [1.82, 2.24) is 5.32 Å². The number of carbonyl (C=O) groups excluding carboxylic acids is 1. The summed E-state index contributed by atoms with van der Waals surface area (Å²) in [6, 6.07) is 0. The number of aliphatic hydroxyl groups is 1. The van der Waals surface area contributed by atoms with Crippen LogP contribution >= 0.6 is 0 Å². The minimum absolute atomic E-state index is 0.546. The highest BCUT2D eigenvalue weighted by atomic mass is 19.2. The molecule has 0 aromatic carbocycles. The van der Waals surface area contributed by atoms with Gasteiger partial charge >= 0.3 is 0 Å². The van der Waals surface area contributed by atoms with Crippen molar-refractivity contribution in [2.45, 2.75) is 25.1 Å². The summed E-state index contributed by atoms with van der Waals surface area (Å²) < 4.78 is 24.4. The molecule has 0 saturated carbocycles. The fraction of sp³-hybridized carbons (Fsp3) is 0.800. The van der Waals surface area contributed by atoms with Crippen molar-refractivity contribution < 1.29 is 18.7 Å². The van der Waals surface area contributed by atoms with E-state index in [0.717, 1.165) is 0 Å². The lowest BCUT2D eigenvalue weighted by atomic mass is 10.1. The van der Waals surface area contributed by atoms with Crippen LogP contribution in [0.5, 0.6) is 0 Å². The SMILES string of the molecule is O=C1CC(F)C(F)NC1O. The molecule has 0 radical (unpaired) electrons. The van der Waals surface area contributed by atoms with E-state index in [4.69, 9.17) is 5.11 Å². The summed E-state index contributed by atoms with van der Waals surface area (Å²) in [5.74, 6) is -0.707. The number of hydrogen-bond acceptors (Lipinski definition) is 3. The van der Waals surface area contributed by atoms with E-state index >= 15 is 0 Å². The van der Waals surface area contributed by atoms with Gasteiger partial charge in [-0.15, -0.1) is 0 Å². The molecule has 5 heteroatoms. The van der Waals surface area contributed by atoms with Gasteiger partial charge in [0.2, 0.25) is 0 Å². The summed E-state index contributed by atoms with van der Waals surface area (Å²) in [7, 11) is 0. The molecule has 3 atom stereocenters. The number of hydrogen-bond donors (Lipinski definition) is 2. The molecular formula is C5H7F2NO2. The molecule has 1 fully saturated rings. The van der Waals surface area contributed by atoms with Crippen molar-refractivity contribution in [2.75, 3.05) is 0 Å². The Morgan fingerprint density at radius 3 is 2.70 bits per heavy atom. The molecule has 0 aromatic heterocycles. The number of rotatable bonds is 0. The number of Topliss-reactive ketones (excluding diaryl/α,β-unsaturated/α-hetero) is 1. The Labute approximate surface area is 56.0 Å². The number of nitrogens with one attached hydrogen (secondary N) is 1. The number of ketones is 1. The number of piperidine rings is 1. The zero-order chi connectivity index (χ0) is 7.72. The predicted molar refractivity (Wildman–Crippen MR) is 28.6 cm³/mol. The quantitative estimate of drug-likeness (QED) is 0.459. The molecule has 1 aliphatic heterocycles. The summed E-state index contributed by atoms with van der Waals surface area (Å²) in [6.45, 7) is 0. The van der Waals surface area contributed by atoms with Crippen LogP contribution in [0.15, 0.2) is 0 Å². The van der Waals surface area contributed by atoms with E-state index in [1.807, 2.05) is 0 Å². The average Bonchev–Trinajstić information content (AvgIpc) is 1.84. The first-order valence-electron chi connectivity index (χ1n) is 2.86. The van der Waals surface area contributed by atoms with Crippen molar-refractivity contribution in [2.24, 2.45) is 0 Å². The lowest BCUT2D eigenvalue weighted by Gasteiger charge is -2.23. The fourth-order valence-corrected chi connectivity index (χ4v) is 0.755. The highest BCUT2D eigenvalue weighted by Gasteiger charge is 2.34. The molecule has 0 aliphatic carbocycles. The first-order valence-corrected chi connectivity index (χ1v) is 2.86. The van der Waals surface area contributed by atoms with Crippen LogP contribution in [-0.2, 0) is 4.79 Å². The predicted octanol–water partition coefficient (Wildman–Crippen LogP) is -0.499. The maximum Gasteiger partial charge on any atom is 0.185 e. The number of carbonyl (C=O) groups is 1. The summed E-state index contributed by atoms with van der Waals surface area (Å²) in [4.78, 5) is 10.4. The van der Waals surface area contributed by atoms with Gasteiger partial charge < -0.3 is 5.11 Å². The zero-order valence-electron chi connectivity index (χ0n) is 5.05. The second-order valence-corrected chi connectivity index (χ2v) is 2.16. The molecule has 1 heterocycles. The molecule has 1 saturated heterocycles. The monoisotopic (exact) mass is 151 g/mol. The Hall–Kier alpha value is -0.550. The molecule has 58 valence electrons. The molecule has 0 amide bonds. The van der Waals surface area contributed by atoms with Crippen molar-refractivity contribution in [3.8, 4) is 0 Å². The summed E-state index contributed by atoms with van der Waals surface area (Å²) in [6.07, 6.45) is -5.83. The van der Waals surface area contributed by atoms with Crippen LogP contribution in [0.2, 0.25) is 0 Å². The number of alkyl halides is 2. The smallest absolute Gasteiger partial charge is 0.185 e. The Morgan fingerprint density at radius 2 is 2.20 bits per heavy atom. The van der Waals surface area contributed by atoms with Gasteiger partial charge in [0.15, 0.2) is 24.5 Å². The topological polar surface area (TPSA) is 49.3 Å². The van der Waals surface area contributed by atoms with Crippen LogP contribution in [-0.4, -0.2) is 29.6 Å². The first kappa shape index (κ1) is 7.56. The molecule has 2 N–H and O–H groups in total. The second-order valence-electron chi connectivity index (χ2n) is 2.16. The van der Waals surface area contributed by atoms with Crippen LogP contribution in [0.25, 0.3) is 0 Å². The molecule has 1 aliphatic rings. The van der Waals surface area contributed by atoms with Crippen molar-refractivity contribution in [1.29, 1.82) is 0 Å². The van der Waals surface area contributed by atoms with Crippen LogP contribution < -0.4 is 5.32 Å². The lowest BCUT2D eigenvalue weighted by molar-refractivity contribution is -0.137. The van der Waals surface area contributed by atoms with E-state index in [9.17, 15) is 13.6 Å². The van der Waals surface area contributed by atoms with E-state index in [1.165, 1.54) is 0 Å². The van der Waals surface area contributed by atoms with Gasteiger partial charge in [-0.3, -0.25) is 10.1 Å². The summed E-state index contributed by atoms with van der Waals surface area (Å²) in [5, 5.41) is 10.3. The Morgan fingerprint density at radius 1 is 1.60 bits per heavy atom. The number of halogens is 2. The standard InChI is InChI=1S/C5H7F2NO2/c6-2-1-3(9)5(10)8-4(2)7/h2,4-5,8,10H,1H2. The van der Waals surface area contributed by atoms with Gasteiger partial charge in [0.1, 0.15) is 0 Å². The van der Waals surface area contributed by atoms with E-state index in [1.54, 1.807) is 5.32 Å². The second kappa shape index (κ2) is 2.59. The van der Waals surface area contributed by atoms with Crippen LogP contribution in [0.1, 0.15) is 6.42 Å². The molecule has 3 unspecified atom stereocenters. The highest BCUT2D eigenvalue weighted by Crippen LogP contribution is 2.13. The van der Waals surface area contributed by atoms with Crippen molar-refractivity contribution >= 4 is 5.78 Å². The third-order valence-electron chi connectivity index (χ3n) is 1.34. The van der Waals surface area contributed by atoms with Gasteiger partial charge in [0, 0.05) is 6.42 Å². The Bertz CT molecular complexity index is 153. The molecule has 0 aromatic rings. The van der Waals surface area contributed by atoms with Gasteiger partial charge in [0.05, 0.1) is 0 Å². The van der Waals surface area contributed by atoms with Crippen LogP contribution in [0.4, 0.5) is 8.78 Å². The van der Waals surface area contributed by atoms with Crippen LogP contribution in [0.3, 0.4) is 0 Å². The van der Waals surface area contributed by atoms with E-state index < -0.39 is 30.9 Å². The zero-order valence-corrected chi connectivity index (χ0v) is 5.05. The minimum atomic E-state index is -1.92. The van der Waals surface area contributed by atoms with E-state index in [2.05, 4.69) is 0 Å². The third-order valence-corrected chi connectivity index (χ3v) is 1.34. The minimum Gasteiger partial charge on any atom is -0.371 e. The molecule has 3 nitrogen and oxygen atoms in total. The first-order chi connectivity index (χ1) is 4.61. The largest absolute Gasteiger partial charge is 0.371 e. The van der Waals surface area contributed by atoms with Gasteiger partial charge in [0.25, 0.3) is 0 Å². The summed E-state index contributed by atoms with van der Waals surface area (Å²) in [5.41, 5.74) is 0. The van der Waals surface area contributed by atoms with Gasteiger partial charge in [-0.1, -0.05) is 0 Å². The van der Waals surface area contributed by atoms with E-state index in [0.29, 0.717) is 0 Å². The van der Waals surface area contributed by atoms with Gasteiger partial charge in [-0.25, -0.2) is 8.78 Å². The normalized spacial score (nSPS) is 41.9. The third kappa shape index (κ3) is 1.30. The number of aliphatic hydroxyl groups excluding tert-OH is 1. The molecular weight excluding hydrogens is 144 g/mol. The average molecular weight is 151 g/mol. The van der Waals surface area contributed by atoms with E-state index in [-0.39, 0.29) is 0 Å². The van der Waals surface area contributed by atoms with Gasteiger partial charge in [-0.2, -0.15) is 0 Å². The molecule has 1 rings (SSSR count). The highest BCUT2D eigenvalue weighted by molar-refractivity contribution is 5.83. The molecule has 0 bridgehead atoms. The van der Waals surface area contributed by atoms with Gasteiger partial charge in [-0.05, 0) is 0 Å². The maximum atomic E-state index is 12.2.